The third-order valence-corrected chi connectivity index (χ3v) is 3.56. The van der Waals surface area contributed by atoms with Gasteiger partial charge in [-0.15, -0.1) is 0 Å². The van der Waals surface area contributed by atoms with Gasteiger partial charge in [0.05, 0.1) is 0 Å². The Morgan fingerprint density at radius 3 is 2.48 bits per heavy atom. The minimum absolute atomic E-state index is 0.362. The van der Waals surface area contributed by atoms with E-state index >= 15 is 0 Å². The van der Waals surface area contributed by atoms with Crippen molar-refractivity contribution < 1.29 is 14.6 Å². The van der Waals surface area contributed by atoms with Gasteiger partial charge in [-0.2, -0.15) is 0 Å². The van der Waals surface area contributed by atoms with E-state index in [1.807, 2.05) is 30.3 Å². The van der Waals surface area contributed by atoms with Crippen LogP contribution in [0.4, 0.5) is 0 Å². The number of methoxy groups -OCH3 is 1. The number of ether oxygens (including phenoxy) is 1. The molecule has 0 fully saturated rings. The van der Waals surface area contributed by atoms with Gasteiger partial charge in [0.1, 0.15) is 6.33 Å². The Labute approximate surface area is 123 Å². The molecule has 0 spiro atoms. The number of nitrogens with zero attached hydrogens (tertiary/aromatic N) is 2. The smallest absolute Gasteiger partial charge is 0.340 e. The van der Waals surface area contributed by atoms with E-state index in [0.717, 1.165) is 6.42 Å². The summed E-state index contributed by atoms with van der Waals surface area (Å²) in [5, 5.41) is 9.59. The first kappa shape index (κ1) is 15.1. The third-order valence-electron chi connectivity index (χ3n) is 3.56. The third kappa shape index (κ3) is 3.44. The Bertz CT molecular complexity index is 575. The fourth-order valence-electron chi connectivity index (χ4n) is 2.38. The molecule has 1 heterocycles. The highest BCUT2D eigenvalue weighted by molar-refractivity contribution is 5.79. The molecule has 110 valence electrons. The lowest BCUT2D eigenvalue weighted by Gasteiger charge is -2.27. The molecule has 0 bridgehead atoms. The van der Waals surface area contributed by atoms with Gasteiger partial charge in [0.25, 0.3) is 0 Å². The molecule has 0 aliphatic rings. The summed E-state index contributed by atoms with van der Waals surface area (Å²) in [5.74, 6) is -1.02. The highest BCUT2D eigenvalue weighted by Gasteiger charge is 2.40. The van der Waals surface area contributed by atoms with Gasteiger partial charge in [-0.1, -0.05) is 30.3 Å². The van der Waals surface area contributed by atoms with Gasteiger partial charge in [-0.25, -0.2) is 14.8 Å². The number of aromatic nitrogens is 2. The maximum Gasteiger partial charge on any atom is 0.340 e. The molecule has 0 saturated heterocycles. The highest BCUT2D eigenvalue weighted by Crippen LogP contribution is 2.30. The fourth-order valence-corrected chi connectivity index (χ4v) is 2.38. The van der Waals surface area contributed by atoms with Crippen molar-refractivity contribution in [3.05, 3.63) is 60.2 Å². The van der Waals surface area contributed by atoms with Crippen LogP contribution in [0.5, 0.6) is 0 Å². The van der Waals surface area contributed by atoms with Crippen molar-refractivity contribution in [3.63, 3.8) is 0 Å². The first-order valence-electron chi connectivity index (χ1n) is 6.77. The van der Waals surface area contributed by atoms with E-state index in [1.165, 1.54) is 31.4 Å². The number of rotatable bonds is 7. The minimum Gasteiger partial charge on any atom is -0.479 e. The van der Waals surface area contributed by atoms with Crippen molar-refractivity contribution in [2.45, 2.75) is 24.9 Å². The maximum atomic E-state index is 11.7. The summed E-state index contributed by atoms with van der Waals surface area (Å²) in [5.41, 5.74) is 0.251. The molecule has 1 aromatic carbocycles. The molecule has 5 nitrogen and oxygen atoms in total. The topological polar surface area (TPSA) is 72.3 Å². The molecule has 0 radical (unpaired) electrons. The van der Waals surface area contributed by atoms with E-state index in [1.54, 1.807) is 0 Å². The summed E-state index contributed by atoms with van der Waals surface area (Å²) in [7, 11) is 1.41. The quantitative estimate of drug-likeness (QED) is 0.846. The Hall–Kier alpha value is -2.27. The first-order valence-corrected chi connectivity index (χ1v) is 6.77. The molecule has 5 heteroatoms. The molecule has 2 rings (SSSR count). The zero-order chi connectivity index (χ0) is 15.1. The number of hydrogen-bond acceptors (Lipinski definition) is 4. The number of hydrogen-bond donors (Lipinski definition) is 1. The van der Waals surface area contributed by atoms with Crippen molar-refractivity contribution in [1.82, 2.24) is 9.97 Å². The summed E-state index contributed by atoms with van der Waals surface area (Å²) in [6.07, 6.45) is 6.21. The van der Waals surface area contributed by atoms with Gasteiger partial charge in [0.2, 0.25) is 0 Å². The van der Waals surface area contributed by atoms with Gasteiger partial charge in [0.15, 0.2) is 5.60 Å². The number of benzene rings is 1. The summed E-state index contributed by atoms with van der Waals surface area (Å²) < 4.78 is 5.34. The predicted octanol–water partition coefficient (Wildman–Crippen LogP) is 2.43. The molecular weight excluding hydrogens is 268 g/mol. The van der Waals surface area contributed by atoms with Crippen LogP contribution in [0.2, 0.25) is 0 Å². The Balaban J connectivity index is 2.12. The van der Waals surface area contributed by atoms with Gasteiger partial charge in [0, 0.05) is 25.1 Å². The lowest BCUT2D eigenvalue weighted by Crippen LogP contribution is -2.38. The largest absolute Gasteiger partial charge is 0.479 e. The molecule has 21 heavy (non-hydrogen) atoms. The molecule has 1 unspecified atom stereocenters. The van der Waals surface area contributed by atoms with E-state index in [-0.39, 0.29) is 0 Å². The zero-order valence-corrected chi connectivity index (χ0v) is 11.9. The van der Waals surface area contributed by atoms with Crippen LogP contribution in [-0.2, 0) is 21.6 Å². The summed E-state index contributed by atoms with van der Waals surface area (Å²) >= 11 is 0. The molecule has 1 atom stereocenters. The summed E-state index contributed by atoms with van der Waals surface area (Å²) in [6.45, 7) is 0. The Kier molecular flexibility index (Phi) is 5.00. The van der Waals surface area contributed by atoms with Crippen molar-refractivity contribution in [2.75, 3.05) is 7.11 Å². The molecule has 0 saturated carbocycles. The standard InChI is InChI=1S/C16H18N2O3/c1-21-16(15(19)20,14-10-17-12-18-11-14)9-5-8-13-6-3-2-4-7-13/h2-4,6-7,10-12H,5,8-9H2,1H3,(H,19,20). The SMILES string of the molecule is COC(CCCc1ccccc1)(C(=O)O)c1cncnc1. The molecule has 1 aromatic heterocycles. The predicted molar refractivity (Wildman–Crippen MR) is 77.7 cm³/mol. The van der Waals surface area contributed by atoms with Crippen molar-refractivity contribution in [2.24, 2.45) is 0 Å². The van der Waals surface area contributed by atoms with E-state index in [2.05, 4.69) is 9.97 Å². The number of aliphatic carboxylic acids is 1. The van der Waals surface area contributed by atoms with Gasteiger partial charge in [-0.05, 0) is 24.8 Å². The number of carboxylic acid groups (broad SMARTS) is 1. The van der Waals surface area contributed by atoms with E-state index in [4.69, 9.17) is 4.74 Å². The highest BCUT2D eigenvalue weighted by atomic mass is 16.5. The molecule has 2 aromatic rings. The second-order valence-corrected chi connectivity index (χ2v) is 4.80. The van der Waals surface area contributed by atoms with Crippen LogP contribution in [-0.4, -0.2) is 28.2 Å². The van der Waals surface area contributed by atoms with Crippen LogP contribution in [0.3, 0.4) is 0 Å². The van der Waals surface area contributed by atoms with Crippen LogP contribution in [0.25, 0.3) is 0 Å². The van der Waals surface area contributed by atoms with Crippen molar-refractivity contribution in [1.29, 1.82) is 0 Å². The molecule has 1 N–H and O–H groups in total. The molecule has 0 aliphatic heterocycles. The first-order chi connectivity index (χ1) is 10.2. The number of carbonyl (C=O) groups is 1. The Morgan fingerprint density at radius 1 is 1.24 bits per heavy atom. The van der Waals surface area contributed by atoms with Crippen molar-refractivity contribution in [3.8, 4) is 0 Å². The summed E-state index contributed by atoms with van der Waals surface area (Å²) in [6, 6.07) is 9.96. The number of aryl methyl sites for hydroxylation is 1. The second-order valence-electron chi connectivity index (χ2n) is 4.80. The second kappa shape index (κ2) is 6.95. The molecule has 0 amide bonds. The minimum atomic E-state index is -1.39. The van der Waals surface area contributed by atoms with E-state index < -0.39 is 11.6 Å². The Morgan fingerprint density at radius 2 is 1.90 bits per heavy atom. The van der Waals surface area contributed by atoms with Crippen LogP contribution in [0, 0.1) is 0 Å². The zero-order valence-electron chi connectivity index (χ0n) is 11.9. The van der Waals surface area contributed by atoms with Crippen LogP contribution < -0.4 is 0 Å². The lowest BCUT2D eigenvalue weighted by atomic mass is 9.89. The average molecular weight is 286 g/mol. The summed E-state index contributed by atoms with van der Waals surface area (Å²) in [4.78, 5) is 19.5. The normalized spacial score (nSPS) is 13.6. The fraction of sp³-hybridized carbons (Fsp3) is 0.312. The van der Waals surface area contributed by atoms with Gasteiger partial charge < -0.3 is 9.84 Å². The average Bonchev–Trinajstić information content (AvgIpc) is 2.53. The van der Waals surface area contributed by atoms with Crippen LogP contribution in [0.1, 0.15) is 24.0 Å². The van der Waals surface area contributed by atoms with E-state index in [0.29, 0.717) is 18.4 Å². The van der Waals surface area contributed by atoms with Gasteiger partial charge >= 0.3 is 5.97 Å². The maximum absolute atomic E-state index is 11.7. The van der Waals surface area contributed by atoms with E-state index in [9.17, 15) is 9.90 Å². The van der Waals surface area contributed by atoms with Crippen LogP contribution in [0.15, 0.2) is 49.1 Å². The van der Waals surface area contributed by atoms with Gasteiger partial charge in [-0.3, -0.25) is 0 Å². The molecular formula is C16H18N2O3. The monoisotopic (exact) mass is 286 g/mol. The lowest BCUT2D eigenvalue weighted by molar-refractivity contribution is -0.165. The molecule has 0 aliphatic carbocycles. The van der Waals surface area contributed by atoms with Crippen LogP contribution >= 0.6 is 0 Å². The number of carboxylic acids is 1. The van der Waals surface area contributed by atoms with Crippen molar-refractivity contribution >= 4 is 5.97 Å².